The number of unbranched alkanes of at least 4 members (excludes halogenated alkanes) is 36. The van der Waals surface area contributed by atoms with Gasteiger partial charge in [-0.25, -0.2) is 0 Å². The second-order valence-electron chi connectivity index (χ2n) is 20.4. The number of aliphatic hydroxyl groups is 2. The first kappa shape index (κ1) is 66.6. The van der Waals surface area contributed by atoms with E-state index in [-0.39, 0.29) is 12.5 Å². The minimum Gasteiger partial charge on any atom is -0.394 e. The van der Waals surface area contributed by atoms with Crippen molar-refractivity contribution in [2.75, 3.05) is 6.61 Å². The van der Waals surface area contributed by atoms with Gasteiger partial charge in [0.1, 0.15) is 0 Å². The van der Waals surface area contributed by atoms with Gasteiger partial charge in [-0.15, -0.1) is 0 Å². The summed E-state index contributed by atoms with van der Waals surface area (Å²) in [5.41, 5.74) is 0. The highest BCUT2D eigenvalue weighted by atomic mass is 16.3. The Kier molecular flexibility index (Phi) is 57.8. The molecule has 400 valence electrons. The Morgan fingerprint density at radius 1 is 0.362 bits per heavy atom. The zero-order chi connectivity index (χ0) is 49.9. The summed E-state index contributed by atoms with van der Waals surface area (Å²) < 4.78 is 0. The highest BCUT2D eigenvalue weighted by Gasteiger charge is 2.18. The lowest BCUT2D eigenvalue weighted by molar-refractivity contribution is -0.123. The van der Waals surface area contributed by atoms with Crippen molar-refractivity contribution in [3.63, 3.8) is 0 Å². The van der Waals surface area contributed by atoms with Gasteiger partial charge >= 0.3 is 0 Å². The molecule has 4 nitrogen and oxygen atoms in total. The molecule has 0 spiro atoms. The molecule has 0 rings (SSSR count). The van der Waals surface area contributed by atoms with E-state index < -0.39 is 12.1 Å². The lowest BCUT2D eigenvalue weighted by atomic mass is 10.0. The van der Waals surface area contributed by atoms with Gasteiger partial charge in [-0.1, -0.05) is 298 Å². The predicted octanol–water partition coefficient (Wildman–Crippen LogP) is 20.3. The van der Waals surface area contributed by atoms with Crippen molar-refractivity contribution in [1.82, 2.24) is 5.32 Å². The summed E-state index contributed by atoms with van der Waals surface area (Å²) in [6.07, 6.45) is 87.7. The van der Waals surface area contributed by atoms with Crippen LogP contribution < -0.4 is 5.32 Å². The molecule has 4 heteroatoms. The summed E-state index contributed by atoms with van der Waals surface area (Å²) in [6, 6.07) is -0.648. The van der Waals surface area contributed by atoms with Gasteiger partial charge in [-0.3, -0.25) is 4.79 Å². The van der Waals surface area contributed by atoms with Gasteiger partial charge in [0.25, 0.3) is 0 Å². The fourth-order valence-electron chi connectivity index (χ4n) is 9.03. The van der Waals surface area contributed by atoms with E-state index >= 15 is 0 Å². The first-order valence-electron chi connectivity index (χ1n) is 30.3. The van der Waals surface area contributed by atoms with Gasteiger partial charge in [0.05, 0.1) is 18.8 Å². The number of hydrogen-bond acceptors (Lipinski definition) is 3. The Balaban J connectivity index is 3.50. The quantitative estimate of drug-likeness (QED) is 0.0420. The van der Waals surface area contributed by atoms with E-state index in [0.717, 1.165) is 64.2 Å². The Morgan fingerprint density at radius 3 is 1.01 bits per heavy atom. The Labute approximate surface area is 431 Å². The first-order chi connectivity index (χ1) is 34.2. The maximum absolute atomic E-state index is 12.5. The number of aliphatic hydroxyl groups excluding tert-OH is 2. The molecule has 0 saturated carbocycles. The average molecular weight is 961 g/mol. The van der Waals surface area contributed by atoms with E-state index in [4.69, 9.17) is 0 Å². The third kappa shape index (κ3) is 56.4. The fraction of sp³-hybridized carbons (Fsp3) is 0.769. The topological polar surface area (TPSA) is 69.6 Å². The van der Waals surface area contributed by atoms with Crippen molar-refractivity contribution in [2.45, 2.75) is 315 Å². The second kappa shape index (κ2) is 59.9. The van der Waals surface area contributed by atoms with Crippen LogP contribution in [0.1, 0.15) is 303 Å². The molecule has 0 fully saturated rings. The number of carbonyl (C=O) groups excluding carboxylic acids is 1. The van der Waals surface area contributed by atoms with Gasteiger partial charge in [0.2, 0.25) is 5.91 Å². The average Bonchev–Trinajstić information content (AvgIpc) is 3.35. The Morgan fingerprint density at radius 2 is 0.652 bits per heavy atom. The van der Waals surface area contributed by atoms with Crippen LogP contribution in [-0.4, -0.2) is 34.9 Å². The predicted molar refractivity (Wildman–Crippen MR) is 308 cm³/mol. The fourth-order valence-corrected chi connectivity index (χ4v) is 9.03. The SMILES string of the molecule is CC/C=C\C/C=C\C/C=C\C/C=C\CCCCCCCCCCCCCCCCCCCCCCCCC(=O)NC(CO)C(O)/C=C/CC/C=C/CC/C=C/CCCCCCCCCCCCCC. The Bertz CT molecular complexity index is 1230. The minimum absolute atomic E-state index is 0.0751. The highest BCUT2D eigenvalue weighted by molar-refractivity contribution is 5.76. The van der Waals surface area contributed by atoms with E-state index in [2.05, 4.69) is 92.1 Å². The summed E-state index contributed by atoms with van der Waals surface area (Å²) in [5, 5.41) is 23.2. The lowest BCUT2D eigenvalue weighted by Gasteiger charge is -2.19. The summed E-state index contributed by atoms with van der Waals surface area (Å²) in [4.78, 5) is 12.5. The molecule has 0 aromatic carbocycles. The van der Waals surface area contributed by atoms with Crippen molar-refractivity contribution >= 4 is 5.91 Å². The normalized spacial score (nSPS) is 13.4. The molecule has 0 bridgehead atoms. The van der Waals surface area contributed by atoms with Crippen molar-refractivity contribution in [3.05, 3.63) is 85.1 Å². The summed E-state index contributed by atoms with van der Waals surface area (Å²) in [7, 11) is 0. The molecule has 0 radical (unpaired) electrons. The van der Waals surface area contributed by atoms with E-state index in [1.165, 1.54) is 218 Å². The van der Waals surface area contributed by atoms with Crippen molar-refractivity contribution in [1.29, 1.82) is 0 Å². The van der Waals surface area contributed by atoms with E-state index in [1.807, 2.05) is 6.08 Å². The standard InChI is InChI=1S/C65H117NO3/c1-3-5-7-9-11-13-15-17-19-21-23-25-27-28-29-30-31-32-33-34-35-36-37-38-39-41-43-45-47-49-51-53-55-57-59-61-65(69)66-63(62-67)64(68)60-58-56-54-52-50-48-46-44-42-40-26-24-22-20-18-16-14-12-10-8-6-4-2/h5,7,11,13,17,19,23,25,42,44,50,52,58,60,63-64,67-68H,3-4,6,8-10,12,14-16,18,20-22,24,26-41,43,45-49,51,53-57,59,61-62H2,1-2H3,(H,66,69)/b7-5-,13-11-,19-17-,25-23-,44-42+,52-50+,60-58+. The summed E-state index contributed by atoms with van der Waals surface area (Å²) in [5.74, 6) is -0.0751. The number of rotatable bonds is 55. The molecule has 0 aliphatic carbocycles. The molecular formula is C65H117NO3. The highest BCUT2D eigenvalue weighted by Crippen LogP contribution is 2.17. The number of allylic oxidation sites excluding steroid dienone is 13. The first-order valence-corrected chi connectivity index (χ1v) is 30.3. The molecule has 0 aromatic rings. The molecule has 0 aromatic heterocycles. The molecule has 0 saturated heterocycles. The van der Waals surface area contributed by atoms with E-state index in [0.29, 0.717) is 6.42 Å². The van der Waals surface area contributed by atoms with Crippen molar-refractivity contribution in [3.8, 4) is 0 Å². The number of hydrogen-bond donors (Lipinski definition) is 3. The molecule has 0 aliphatic heterocycles. The summed E-state index contributed by atoms with van der Waals surface area (Å²) in [6.45, 7) is 4.20. The zero-order valence-corrected chi connectivity index (χ0v) is 46.1. The van der Waals surface area contributed by atoms with Crippen molar-refractivity contribution in [2.24, 2.45) is 0 Å². The smallest absolute Gasteiger partial charge is 0.220 e. The van der Waals surface area contributed by atoms with Crippen LogP contribution in [0.5, 0.6) is 0 Å². The number of nitrogens with one attached hydrogen (secondary N) is 1. The van der Waals surface area contributed by atoms with Crippen LogP contribution in [0.25, 0.3) is 0 Å². The van der Waals surface area contributed by atoms with Gasteiger partial charge < -0.3 is 15.5 Å². The minimum atomic E-state index is -0.873. The molecule has 0 heterocycles. The van der Waals surface area contributed by atoms with Crippen LogP contribution in [0.3, 0.4) is 0 Å². The van der Waals surface area contributed by atoms with Crippen LogP contribution >= 0.6 is 0 Å². The van der Waals surface area contributed by atoms with Gasteiger partial charge in [0.15, 0.2) is 0 Å². The Hall–Kier alpha value is -2.43. The van der Waals surface area contributed by atoms with Gasteiger partial charge in [-0.2, -0.15) is 0 Å². The van der Waals surface area contributed by atoms with Crippen LogP contribution in [0.15, 0.2) is 85.1 Å². The number of carbonyl (C=O) groups is 1. The maximum Gasteiger partial charge on any atom is 0.220 e. The molecule has 1 amide bonds. The zero-order valence-electron chi connectivity index (χ0n) is 46.1. The van der Waals surface area contributed by atoms with Crippen LogP contribution in [-0.2, 0) is 4.79 Å². The second-order valence-corrected chi connectivity index (χ2v) is 20.4. The number of amides is 1. The third-order valence-corrected chi connectivity index (χ3v) is 13.6. The molecule has 2 atom stereocenters. The van der Waals surface area contributed by atoms with Crippen LogP contribution in [0.2, 0.25) is 0 Å². The molecule has 69 heavy (non-hydrogen) atoms. The monoisotopic (exact) mass is 960 g/mol. The molecule has 2 unspecified atom stereocenters. The molecular weight excluding hydrogens is 843 g/mol. The maximum atomic E-state index is 12.5. The van der Waals surface area contributed by atoms with E-state index in [1.54, 1.807) is 6.08 Å². The van der Waals surface area contributed by atoms with E-state index in [9.17, 15) is 15.0 Å². The van der Waals surface area contributed by atoms with Crippen LogP contribution in [0.4, 0.5) is 0 Å². The van der Waals surface area contributed by atoms with Crippen molar-refractivity contribution < 1.29 is 15.0 Å². The summed E-state index contributed by atoms with van der Waals surface area (Å²) >= 11 is 0. The van der Waals surface area contributed by atoms with Crippen LogP contribution in [0, 0.1) is 0 Å². The van der Waals surface area contributed by atoms with Gasteiger partial charge in [0, 0.05) is 6.42 Å². The molecule has 3 N–H and O–H groups in total. The molecule has 0 aliphatic rings. The lowest BCUT2D eigenvalue weighted by Crippen LogP contribution is -2.45. The largest absolute Gasteiger partial charge is 0.394 e. The van der Waals surface area contributed by atoms with Gasteiger partial charge in [-0.05, 0) is 83.5 Å². The third-order valence-electron chi connectivity index (χ3n) is 13.6.